The van der Waals surface area contributed by atoms with E-state index in [0.29, 0.717) is 11.4 Å². The number of hydrogen-bond acceptors (Lipinski definition) is 5. The molecule has 0 aliphatic rings. The molecular formula is C25H23N3O3S. The number of nitrogens with one attached hydrogen (secondary N) is 2. The molecule has 6 nitrogen and oxygen atoms in total. The van der Waals surface area contributed by atoms with Crippen molar-refractivity contribution in [2.75, 3.05) is 11.1 Å². The number of rotatable bonds is 7. The number of hydrogen-bond donors (Lipinski definition) is 2. The monoisotopic (exact) mass is 445 g/mol. The van der Waals surface area contributed by atoms with Gasteiger partial charge < -0.3 is 10.1 Å². The van der Waals surface area contributed by atoms with Crippen LogP contribution in [-0.4, -0.2) is 27.8 Å². The van der Waals surface area contributed by atoms with E-state index in [4.69, 9.17) is 4.74 Å². The van der Waals surface area contributed by atoms with Gasteiger partial charge >= 0.3 is 5.97 Å². The number of anilines is 1. The number of H-pyrrole nitrogens is 1. The summed E-state index contributed by atoms with van der Waals surface area (Å²) < 4.78 is 5.27. The zero-order chi connectivity index (χ0) is 22.5. The summed E-state index contributed by atoms with van der Waals surface area (Å²) >= 11 is 1.81. The smallest absolute Gasteiger partial charge is 0.303 e. The number of carbonyl (C=O) groups excluding carboxylic acids is 2. The molecule has 1 atom stereocenters. The SMILES string of the molecule is CCSc1ccc(-c2ccc3c(NC(=O)C(OC(C)=O)c4ccccc4)n[nH]c3c2)cc1. The fourth-order valence-electron chi connectivity index (χ4n) is 3.45. The molecule has 32 heavy (non-hydrogen) atoms. The van der Waals surface area contributed by atoms with Gasteiger partial charge in [0.15, 0.2) is 5.82 Å². The van der Waals surface area contributed by atoms with Crippen molar-refractivity contribution < 1.29 is 14.3 Å². The van der Waals surface area contributed by atoms with Crippen molar-refractivity contribution in [3.8, 4) is 11.1 Å². The summed E-state index contributed by atoms with van der Waals surface area (Å²) in [6.45, 7) is 3.41. The van der Waals surface area contributed by atoms with Crippen LogP contribution in [-0.2, 0) is 14.3 Å². The lowest BCUT2D eigenvalue weighted by Crippen LogP contribution is -2.25. The Hall–Kier alpha value is -3.58. The van der Waals surface area contributed by atoms with Gasteiger partial charge in [0.25, 0.3) is 5.91 Å². The third-order valence-corrected chi connectivity index (χ3v) is 5.82. The number of esters is 1. The lowest BCUT2D eigenvalue weighted by atomic mass is 10.0. The van der Waals surface area contributed by atoms with Gasteiger partial charge in [0.2, 0.25) is 6.10 Å². The first-order chi connectivity index (χ1) is 15.5. The Morgan fingerprint density at radius 2 is 1.75 bits per heavy atom. The molecule has 0 saturated carbocycles. The van der Waals surface area contributed by atoms with E-state index in [9.17, 15) is 9.59 Å². The Morgan fingerprint density at radius 3 is 2.44 bits per heavy atom. The first-order valence-corrected chi connectivity index (χ1v) is 11.3. The first kappa shape index (κ1) is 21.6. The second-order valence-corrected chi connectivity index (χ2v) is 8.52. The first-order valence-electron chi connectivity index (χ1n) is 10.3. The van der Waals surface area contributed by atoms with Gasteiger partial charge in [-0.15, -0.1) is 11.8 Å². The predicted octanol–water partition coefficient (Wildman–Crippen LogP) is 5.58. The molecule has 4 rings (SSSR count). The normalized spacial score (nSPS) is 11.8. The van der Waals surface area contributed by atoms with Crippen LogP contribution in [0.2, 0.25) is 0 Å². The van der Waals surface area contributed by atoms with Crippen molar-refractivity contribution >= 4 is 40.4 Å². The average Bonchev–Trinajstić information content (AvgIpc) is 3.20. The van der Waals surface area contributed by atoms with Crippen LogP contribution in [0.4, 0.5) is 5.82 Å². The highest BCUT2D eigenvalue weighted by Gasteiger charge is 2.25. The van der Waals surface area contributed by atoms with Gasteiger partial charge in [-0.2, -0.15) is 5.10 Å². The molecule has 1 heterocycles. The zero-order valence-corrected chi connectivity index (χ0v) is 18.6. The predicted molar refractivity (Wildman–Crippen MR) is 128 cm³/mol. The van der Waals surface area contributed by atoms with Crippen molar-refractivity contribution in [1.29, 1.82) is 0 Å². The molecule has 0 radical (unpaired) electrons. The number of aromatic nitrogens is 2. The van der Waals surface area contributed by atoms with Gasteiger partial charge in [0.1, 0.15) is 0 Å². The Morgan fingerprint density at radius 1 is 1.03 bits per heavy atom. The van der Waals surface area contributed by atoms with Crippen molar-refractivity contribution in [1.82, 2.24) is 10.2 Å². The molecule has 3 aromatic carbocycles. The molecule has 1 amide bonds. The highest BCUT2D eigenvalue weighted by atomic mass is 32.2. The van der Waals surface area contributed by atoms with E-state index < -0.39 is 18.0 Å². The molecule has 4 aromatic rings. The van der Waals surface area contributed by atoms with Crippen molar-refractivity contribution in [3.63, 3.8) is 0 Å². The molecule has 1 aromatic heterocycles. The lowest BCUT2D eigenvalue weighted by Gasteiger charge is -2.16. The molecule has 162 valence electrons. The van der Waals surface area contributed by atoms with E-state index in [1.807, 2.05) is 36.0 Å². The second kappa shape index (κ2) is 9.70. The molecule has 0 aliphatic carbocycles. The van der Waals surface area contributed by atoms with Crippen LogP contribution >= 0.6 is 11.8 Å². The zero-order valence-electron chi connectivity index (χ0n) is 17.8. The second-order valence-electron chi connectivity index (χ2n) is 7.18. The van der Waals surface area contributed by atoms with Crippen LogP contribution in [0.25, 0.3) is 22.0 Å². The number of fused-ring (bicyclic) bond motifs is 1. The average molecular weight is 446 g/mol. The standard InChI is InChI=1S/C25H23N3O3S/c1-3-32-20-12-9-17(10-13-20)19-11-14-21-22(15-19)27-28-24(21)26-25(30)23(31-16(2)29)18-7-5-4-6-8-18/h4-15,23H,3H2,1-2H3,(H2,26,27,28,30). The van der Waals surface area contributed by atoms with Crippen LogP contribution < -0.4 is 5.32 Å². The summed E-state index contributed by atoms with van der Waals surface area (Å²) in [6.07, 6.45) is -1.06. The van der Waals surface area contributed by atoms with E-state index in [0.717, 1.165) is 27.8 Å². The van der Waals surface area contributed by atoms with Crippen LogP contribution in [0.15, 0.2) is 77.7 Å². The number of aromatic amines is 1. The van der Waals surface area contributed by atoms with E-state index >= 15 is 0 Å². The van der Waals surface area contributed by atoms with Gasteiger partial charge in [0.05, 0.1) is 5.52 Å². The van der Waals surface area contributed by atoms with Crippen molar-refractivity contribution in [3.05, 3.63) is 78.4 Å². The van der Waals surface area contributed by atoms with E-state index in [2.05, 4.69) is 46.7 Å². The lowest BCUT2D eigenvalue weighted by molar-refractivity contribution is -0.152. The number of nitrogens with zero attached hydrogens (tertiary/aromatic N) is 1. The van der Waals surface area contributed by atoms with Crippen LogP contribution in [0.5, 0.6) is 0 Å². The highest BCUT2D eigenvalue weighted by molar-refractivity contribution is 7.99. The quantitative estimate of drug-likeness (QED) is 0.286. The Balaban J connectivity index is 1.57. The minimum Gasteiger partial charge on any atom is -0.447 e. The number of ether oxygens (including phenoxy) is 1. The molecule has 0 bridgehead atoms. The fourth-order valence-corrected chi connectivity index (χ4v) is 4.12. The van der Waals surface area contributed by atoms with Gasteiger partial charge in [-0.05, 0) is 41.1 Å². The van der Waals surface area contributed by atoms with E-state index in [-0.39, 0.29) is 0 Å². The summed E-state index contributed by atoms with van der Waals surface area (Å²) in [7, 11) is 0. The summed E-state index contributed by atoms with van der Waals surface area (Å²) in [5, 5.41) is 10.8. The maximum atomic E-state index is 12.9. The Kier molecular flexibility index (Phi) is 6.56. The summed E-state index contributed by atoms with van der Waals surface area (Å²) in [5.74, 6) is 0.428. The topological polar surface area (TPSA) is 84.1 Å². The third kappa shape index (κ3) is 4.84. The Bertz CT molecular complexity index is 1240. The van der Waals surface area contributed by atoms with Gasteiger partial charge in [-0.25, -0.2) is 0 Å². The van der Waals surface area contributed by atoms with Crippen molar-refractivity contribution in [2.24, 2.45) is 0 Å². The van der Waals surface area contributed by atoms with Crippen LogP contribution in [0.1, 0.15) is 25.5 Å². The van der Waals surface area contributed by atoms with Gasteiger partial charge in [0, 0.05) is 22.8 Å². The summed E-state index contributed by atoms with van der Waals surface area (Å²) in [4.78, 5) is 25.7. The number of carbonyl (C=O) groups is 2. The van der Waals surface area contributed by atoms with Crippen LogP contribution in [0, 0.1) is 0 Å². The molecule has 2 N–H and O–H groups in total. The third-order valence-electron chi connectivity index (χ3n) is 4.93. The highest BCUT2D eigenvalue weighted by Crippen LogP contribution is 2.29. The molecule has 0 spiro atoms. The summed E-state index contributed by atoms with van der Waals surface area (Å²) in [5.41, 5.74) is 3.54. The van der Waals surface area contributed by atoms with Gasteiger partial charge in [-0.3, -0.25) is 14.7 Å². The number of thioether (sulfide) groups is 1. The van der Waals surface area contributed by atoms with Crippen molar-refractivity contribution in [2.45, 2.75) is 24.8 Å². The molecule has 1 unspecified atom stereocenters. The van der Waals surface area contributed by atoms with Crippen LogP contribution in [0.3, 0.4) is 0 Å². The maximum Gasteiger partial charge on any atom is 0.303 e. The Labute approximate surface area is 190 Å². The van der Waals surface area contributed by atoms with E-state index in [1.54, 1.807) is 24.3 Å². The molecule has 0 aliphatic heterocycles. The molecular weight excluding hydrogens is 422 g/mol. The number of amides is 1. The minimum atomic E-state index is -1.06. The fraction of sp³-hybridized carbons (Fsp3) is 0.160. The summed E-state index contributed by atoms with van der Waals surface area (Å²) in [6, 6.07) is 23.2. The van der Waals surface area contributed by atoms with E-state index in [1.165, 1.54) is 11.8 Å². The van der Waals surface area contributed by atoms with Gasteiger partial charge in [-0.1, -0.05) is 55.5 Å². The maximum absolute atomic E-state index is 12.9. The molecule has 7 heteroatoms. The molecule has 0 fully saturated rings. The number of benzene rings is 3. The largest absolute Gasteiger partial charge is 0.447 e. The molecule has 0 saturated heterocycles. The minimum absolute atomic E-state index is 0.388.